The number of thioether (sulfide) groups is 1. The first-order valence-electron chi connectivity index (χ1n) is 5.76. The van der Waals surface area contributed by atoms with Crippen molar-refractivity contribution in [2.24, 2.45) is 4.99 Å². The van der Waals surface area contributed by atoms with Gasteiger partial charge in [0.25, 0.3) is 5.91 Å². The summed E-state index contributed by atoms with van der Waals surface area (Å²) in [5, 5.41) is 3.41. The standard InChI is InChI=1S/C14H14N2OS/c1-2-18-14-15-12(13(17)16-14)10-6-9-11-7-4-3-5-8-11/h3-10H,2H2,1H3,(H,15,16,17)/b9-6+,12-10-. The summed E-state index contributed by atoms with van der Waals surface area (Å²) < 4.78 is 0. The second-order valence-electron chi connectivity index (χ2n) is 3.63. The quantitative estimate of drug-likeness (QED) is 0.847. The van der Waals surface area contributed by atoms with E-state index >= 15 is 0 Å². The van der Waals surface area contributed by atoms with Crippen LogP contribution in [0.1, 0.15) is 12.5 Å². The fourth-order valence-corrected chi connectivity index (χ4v) is 2.08. The van der Waals surface area contributed by atoms with Gasteiger partial charge in [-0.05, 0) is 17.4 Å². The summed E-state index contributed by atoms with van der Waals surface area (Å²) >= 11 is 1.53. The van der Waals surface area contributed by atoms with Crippen LogP contribution in [-0.4, -0.2) is 16.8 Å². The number of carbonyl (C=O) groups is 1. The van der Waals surface area contributed by atoms with Crippen LogP contribution in [0.2, 0.25) is 0 Å². The fourth-order valence-electron chi connectivity index (χ4n) is 1.48. The minimum Gasteiger partial charge on any atom is -0.300 e. The van der Waals surface area contributed by atoms with E-state index in [4.69, 9.17) is 0 Å². The Morgan fingerprint density at radius 1 is 1.33 bits per heavy atom. The summed E-state index contributed by atoms with van der Waals surface area (Å²) in [5.74, 6) is 0.760. The summed E-state index contributed by atoms with van der Waals surface area (Å²) in [6.45, 7) is 2.02. The van der Waals surface area contributed by atoms with Crippen molar-refractivity contribution in [3.63, 3.8) is 0 Å². The molecule has 0 radical (unpaired) electrons. The number of benzene rings is 1. The Labute approximate surface area is 111 Å². The van der Waals surface area contributed by atoms with Gasteiger partial charge in [-0.2, -0.15) is 0 Å². The van der Waals surface area contributed by atoms with Gasteiger partial charge in [0.1, 0.15) is 5.70 Å². The average molecular weight is 258 g/mol. The van der Waals surface area contributed by atoms with E-state index in [1.165, 1.54) is 11.8 Å². The van der Waals surface area contributed by atoms with Crippen molar-refractivity contribution in [2.75, 3.05) is 5.75 Å². The monoisotopic (exact) mass is 258 g/mol. The smallest absolute Gasteiger partial charge is 0.275 e. The normalized spacial score (nSPS) is 17.3. The minimum absolute atomic E-state index is 0.135. The molecule has 0 saturated heterocycles. The zero-order chi connectivity index (χ0) is 12.8. The number of amides is 1. The van der Waals surface area contributed by atoms with Gasteiger partial charge < -0.3 is 0 Å². The molecule has 0 spiro atoms. The van der Waals surface area contributed by atoms with Crippen LogP contribution in [0.4, 0.5) is 0 Å². The molecule has 1 aromatic rings. The largest absolute Gasteiger partial charge is 0.300 e. The van der Waals surface area contributed by atoms with Crippen LogP contribution in [0.15, 0.2) is 53.2 Å². The van der Waals surface area contributed by atoms with E-state index in [9.17, 15) is 4.79 Å². The fraction of sp³-hybridized carbons (Fsp3) is 0.143. The molecule has 1 N–H and O–H groups in total. The lowest BCUT2D eigenvalue weighted by Gasteiger charge is -1.93. The number of aliphatic imine (C=N–C) groups is 1. The summed E-state index contributed by atoms with van der Waals surface area (Å²) in [5.41, 5.74) is 1.55. The van der Waals surface area contributed by atoms with Gasteiger partial charge in [0.2, 0.25) is 0 Å². The van der Waals surface area contributed by atoms with E-state index in [-0.39, 0.29) is 5.91 Å². The van der Waals surface area contributed by atoms with Crippen molar-refractivity contribution in [1.29, 1.82) is 0 Å². The lowest BCUT2D eigenvalue weighted by molar-refractivity contribution is -0.115. The highest BCUT2D eigenvalue weighted by atomic mass is 32.2. The number of nitrogens with zero attached hydrogens (tertiary/aromatic N) is 1. The Kier molecular flexibility index (Phi) is 4.36. The highest BCUT2D eigenvalue weighted by Gasteiger charge is 2.18. The van der Waals surface area contributed by atoms with Gasteiger partial charge in [-0.3, -0.25) is 10.1 Å². The third kappa shape index (κ3) is 3.34. The van der Waals surface area contributed by atoms with E-state index < -0.39 is 0 Å². The number of rotatable bonds is 3. The maximum Gasteiger partial charge on any atom is 0.275 e. The predicted molar refractivity (Wildman–Crippen MR) is 77.3 cm³/mol. The highest BCUT2D eigenvalue weighted by molar-refractivity contribution is 8.13. The van der Waals surface area contributed by atoms with Crippen molar-refractivity contribution >= 4 is 28.9 Å². The molecule has 1 aliphatic rings. The maximum absolute atomic E-state index is 11.6. The molecule has 0 aromatic heterocycles. The number of carbonyl (C=O) groups excluding carboxylic acids is 1. The second kappa shape index (κ2) is 6.21. The van der Waals surface area contributed by atoms with Crippen LogP contribution in [-0.2, 0) is 4.79 Å². The number of nitrogens with one attached hydrogen (secondary N) is 1. The Morgan fingerprint density at radius 2 is 2.11 bits per heavy atom. The Morgan fingerprint density at radius 3 is 2.83 bits per heavy atom. The van der Waals surface area contributed by atoms with Gasteiger partial charge in [-0.25, -0.2) is 4.99 Å². The lowest BCUT2D eigenvalue weighted by Crippen LogP contribution is -2.21. The summed E-state index contributed by atoms with van der Waals surface area (Å²) in [6.07, 6.45) is 5.51. The first kappa shape index (κ1) is 12.6. The minimum atomic E-state index is -0.135. The molecule has 3 nitrogen and oxygen atoms in total. The van der Waals surface area contributed by atoms with E-state index in [2.05, 4.69) is 10.3 Å². The molecule has 1 heterocycles. The first-order valence-corrected chi connectivity index (χ1v) is 6.74. The Bertz CT molecular complexity index is 518. The predicted octanol–water partition coefficient (Wildman–Crippen LogP) is 2.82. The van der Waals surface area contributed by atoms with Crippen molar-refractivity contribution in [3.8, 4) is 0 Å². The van der Waals surface area contributed by atoms with Crippen molar-refractivity contribution in [2.45, 2.75) is 6.92 Å². The lowest BCUT2D eigenvalue weighted by atomic mass is 10.2. The third-order valence-corrected chi connectivity index (χ3v) is 3.05. The number of hydrogen-bond acceptors (Lipinski definition) is 3. The maximum atomic E-state index is 11.6. The number of amidine groups is 1. The molecule has 92 valence electrons. The van der Waals surface area contributed by atoms with Gasteiger partial charge in [0.05, 0.1) is 0 Å². The molecular formula is C14H14N2OS. The molecule has 1 aliphatic heterocycles. The van der Waals surface area contributed by atoms with Gasteiger partial charge in [-0.15, -0.1) is 0 Å². The van der Waals surface area contributed by atoms with Gasteiger partial charge in [0, 0.05) is 0 Å². The van der Waals surface area contributed by atoms with Gasteiger partial charge in [-0.1, -0.05) is 61.2 Å². The summed E-state index contributed by atoms with van der Waals surface area (Å²) in [6, 6.07) is 9.93. The van der Waals surface area contributed by atoms with Crippen molar-refractivity contribution in [3.05, 3.63) is 53.7 Å². The average Bonchev–Trinajstić information content (AvgIpc) is 2.72. The molecule has 2 rings (SSSR count). The van der Waals surface area contributed by atoms with Crippen LogP contribution in [0.5, 0.6) is 0 Å². The van der Waals surface area contributed by atoms with Gasteiger partial charge >= 0.3 is 0 Å². The third-order valence-electron chi connectivity index (χ3n) is 2.30. The Balaban J connectivity index is 2.06. The van der Waals surface area contributed by atoms with E-state index in [1.54, 1.807) is 6.08 Å². The molecule has 0 atom stereocenters. The zero-order valence-electron chi connectivity index (χ0n) is 10.1. The van der Waals surface area contributed by atoms with Crippen molar-refractivity contribution in [1.82, 2.24) is 5.32 Å². The molecule has 0 fully saturated rings. The second-order valence-corrected chi connectivity index (χ2v) is 4.88. The first-order chi connectivity index (χ1) is 8.79. The summed E-state index contributed by atoms with van der Waals surface area (Å²) in [4.78, 5) is 15.8. The van der Waals surface area contributed by atoms with Crippen LogP contribution in [0, 0.1) is 0 Å². The molecular weight excluding hydrogens is 244 g/mol. The van der Waals surface area contributed by atoms with Gasteiger partial charge in [0.15, 0.2) is 5.17 Å². The molecule has 18 heavy (non-hydrogen) atoms. The van der Waals surface area contributed by atoms with Crippen LogP contribution in [0.3, 0.4) is 0 Å². The molecule has 4 heteroatoms. The number of hydrogen-bond donors (Lipinski definition) is 1. The topological polar surface area (TPSA) is 41.5 Å². The van der Waals surface area contributed by atoms with E-state index in [0.717, 1.165) is 11.3 Å². The Hall–Kier alpha value is -1.81. The number of allylic oxidation sites excluding steroid dienone is 2. The van der Waals surface area contributed by atoms with Crippen LogP contribution < -0.4 is 5.32 Å². The summed E-state index contributed by atoms with van der Waals surface area (Å²) in [7, 11) is 0. The molecule has 1 aromatic carbocycles. The molecule has 0 unspecified atom stereocenters. The van der Waals surface area contributed by atoms with E-state index in [0.29, 0.717) is 10.9 Å². The molecule has 0 aliphatic carbocycles. The molecule has 1 amide bonds. The highest BCUT2D eigenvalue weighted by Crippen LogP contribution is 2.13. The zero-order valence-corrected chi connectivity index (χ0v) is 10.9. The molecule has 0 bridgehead atoms. The van der Waals surface area contributed by atoms with Crippen LogP contribution in [0.25, 0.3) is 6.08 Å². The molecule has 0 saturated carbocycles. The SMILES string of the molecule is CCSC1=N/C(=C\C=C\c2ccccc2)C(=O)N1. The van der Waals surface area contributed by atoms with Crippen LogP contribution >= 0.6 is 11.8 Å². The van der Waals surface area contributed by atoms with E-state index in [1.807, 2.05) is 49.4 Å². The van der Waals surface area contributed by atoms with Crippen molar-refractivity contribution < 1.29 is 4.79 Å².